The Hall–Kier alpha value is -3.41. The smallest absolute Gasteiger partial charge is 0.270 e. The number of aryl methyl sites for hydroxylation is 2. The number of nitrogens with one attached hydrogen (secondary N) is 2. The van der Waals surface area contributed by atoms with E-state index >= 15 is 0 Å². The number of hydrogen-bond acceptors (Lipinski definition) is 5. The molecule has 3 rings (SSSR count). The van der Waals surface area contributed by atoms with Crippen LogP contribution in [0.25, 0.3) is 0 Å². The lowest BCUT2D eigenvalue weighted by Gasteiger charge is -2.11. The van der Waals surface area contributed by atoms with Gasteiger partial charge in [0, 0.05) is 17.9 Å². The fourth-order valence-electron chi connectivity index (χ4n) is 2.85. The molecule has 0 radical (unpaired) electrons. The molecule has 6 nitrogen and oxygen atoms in total. The summed E-state index contributed by atoms with van der Waals surface area (Å²) in [4.78, 5) is 21.3. The molecule has 2 aromatic carbocycles. The molecular formula is C23H26N4O2. The number of hydrogen-bond donors (Lipinski definition) is 2. The Bertz CT molecular complexity index is 984. The van der Waals surface area contributed by atoms with E-state index in [0.717, 1.165) is 22.6 Å². The highest BCUT2D eigenvalue weighted by Gasteiger charge is 2.11. The second-order valence-electron chi connectivity index (χ2n) is 7.21. The van der Waals surface area contributed by atoms with Crippen LogP contribution in [0.15, 0.2) is 54.6 Å². The van der Waals surface area contributed by atoms with Crippen LogP contribution in [0.5, 0.6) is 5.75 Å². The molecule has 0 spiro atoms. The molecule has 0 unspecified atom stereocenters. The number of benzene rings is 2. The van der Waals surface area contributed by atoms with E-state index in [0.29, 0.717) is 23.9 Å². The third kappa shape index (κ3) is 6.04. The third-order valence-electron chi connectivity index (χ3n) is 4.10. The Morgan fingerprint density at radius 3 is 2.48 bits per heavy atom. The van der Waals surface area contributed by atoms with Crippen LogP contribution in [0.3, 0.4) is 0 Å². The largest absolute Gasteiger partial charge is 0.491 e. The first kappa shape index (κ1) is 20.3. The van der Waals surface area contributed by atoms with Gasteiger partial charge in [0.2, 0.25) is 5.95 Å². The normalized spacial score (nSPS) is 10.7. The van der Waals surface area contributed by atoms with Crippen molar-refractivity contribution in [3.05, 3.63) is 77.1 Å². The molecule has 2 N–H and O–H groups in total. The van der Waals surface area contributed by atoms with Crippen molar-refractivity contribution in [3.8, 4) is 5.75 Å². The molecule has 0 saturated carbocycles. The molecule has 0 atom stereocenters. The summed E-state index contributed by atoms with van der Waals surface area (Å²) >= 11 is 0. The second kappa shape index (κ2) is 9.19. The molecule has 0 aliphatic carbocycles. The summed E-state index contributed by atoms with van der Waals surface area (Å²) in [7, 11) is 0. The van der Waals surface area contributed by atoms with Gasteiger partial charge in [0.25, 0.3) is 5.91 Å². The SMILES string of the molecule is Cc1cccc(CNC(=O)c2cc(C)nc(Nc3ccc(OC(C)C)cc3)n2)c1. The van der Waals surface area contributed by atoms with Gasteiger partial charge < -0.3 is 15.4 Å². The van der Waals surface area contributed by atoms with E-state index in [1.54, 1.807) is 6.07 Å². The highest BCUT2D eigenvalue weighted by molar-refractivity contribution is 5.92. The molecule has 1 amide bonds. The van der Waals surface area contributed by atoms with Gasteiger partial charge in [-0.25, -0.2) is 9.97 Å². The van der Waals surface area contributed by atoms with E-state index < -0.39 is 0 Å². The molecule has 1 heterocycles. The molecule has 0 aliphatic heterocycles. The number of carbonyl (C=O) groups is 1. The highest BCUT2D eigenvalue weighted by Crippen LogP contribution is 2.19. The molecule has 6 heteroatoms. The van der Waals surface area contributed by atoms with Crippen molar-refractivity contribution in [2.24, 2.45) is 0 Å². The number of amides is 1. The standard InChI is InChI=1S/C23H26N4O2/c1-15(2)29-20-10-8-19(9-11-20)26-23-25-17(4)13-21(27-23)22(28)24-14-18-7-5-6-16(3)12-18/h5-13,15H,14H2,1-4H3,(H,24,28)(H,25,26,27). The van der Waals surface area contributed by atoms with Crippen LogP contribution in [-0.4, -0.2) is 22.0 Å². The molecular weight excluding hydrogens is 364 g/mol. The van der Waals surface area contributed by atoms with Gasteiger partial charge in [-0.05, 0) is 63.6 Å². The lowest BCUT2D eigenvalue weighted by atomic mass is 10.1. The highest BCUT2D eigenvalue weighted by atomic mass is 16.5. The second-order valence-corrected chi connectivity index (χ2v) is 7.21. The molecule has 3 aromatic rings. The number of nitrogens with zero attached hydrogens (tertiary/aromatic N) is 2. The third-order valence-corrected chi connectivity index (χ3v) is 4.10. The van der Waals surface area contributed by atoms with Crippen LogP contribution in [0.1, 0.15) is 41.2 Å². The van der Waals surface area contributed by atoms with Gasteiger partial charge in [-0.15, -0.1) is 0 Å². The van der Waals surface area contributed by atoms with Crippen molar-refractivity contribution in [2.45, 2.75) is 40.3 Å². The maximum absolute atomic E-state index is 12.6. The summed E-state index contributed by atoms with van der Waals surface area (Å²) in [6.45, 7) is 8.28. The average molecular weight is 390 g/mol. The van der Waals surface area contributed by atoms with Crippen molar-refractivity contribution in [1.29, 1.82) is 0 Å². The molecule has 0 fully saturated rings. The zero-order chi connectivity index (χ0) is 20.8. The Morgan fingerprint density at radius 2 is 1.79 bits per heavy atom. The minimum absolute atomic E-state index is 0.120. The lowest BCUT2D eigenvalue weighted by molar-refractivity contribution is 0.0945. The van der Waals surface area contributed by atoms with Gasteiger partial charge in [-0.2, -0.15) is 0 Å². The number of ether oxygens (including phenoxy) is 1. The van der Waals surface area contributed by atoms with Crippen molar-refractivity contribution in [2.75, 3.05) is 5.32 Å². The van der Waals surface area contributed by atoms with E-state index in [1.807, 2.05) is 76.2 Å². The van der Waals surface area contributed by atoms with Gasteiger partial charge in [-0.3, -0.25) is 4.79 Å². The molecule has 29 heavy (non-hydrogen) atoms. The van der Waals surface area contributed by atoms with E-state index in [4.69, 9.17) is 4.74 Å². The number of aromatic nitrogens is 2. The number of carbonyl (C=O) groups excluding carboxylic acids is 1. The van der Waals surface area contributed by atoms with Gasteiger partial charge in [0.1, 0.15) is 11.4 Å². The minimum atomic E-state index is -0.235. The van der Waals surface area contributed by atoms with Gasteiger partial charge in [-0.1, -0.05) is 29.8 Å². The Morgan fingerprint density at radius 1 is 1.03 bits per heavy atom. The lowest BCUT2D eigenvalue weighted by Crippen LogP contribution is -2.24. The van der Waals surface area contributed by atoms with E-state index in [2.05, 4.69) is 20.6 Å². The first-order chi connectivity index (χ1) is 13.9. The van der Waals surface area contributed by atoms with Crippen LogP contribution >= 0.6 is 0 Å². The fourth-order valence-corrected chi connectivity index (χ4v) is 2.85. The van der Waals surface area contributed by atoms with Crippen molar-refractivity contribution in [1.82, 2.24) is 15.3 Å². The molecule has 0 bridgehead atoms. The van der Waals surface area contributed by atoms with Gasteiger partial charge >= 0.3 is 0 Å². The van der Waals surface area contributed by atoms with Gasteiger partial charge in [0.05, 0.1) is 6.10 Å². The summed E-state index contributed by atoms with van der Waals surface area (Å²) < 4.78 is 5.65. The predicted molar refractivity (Wildman–Crippen MR) is 115 cm³/mol. The van der Waals surface area contributed by atoms with E-state index in [9.17, 15) is 4.79 Å². The van der Waals surface area contributed by atoms with Crippen molar-refractivity contribution >= 4 is 17.5 Å². The van der Waals surface area contributed by atoms with Crippen LogP contribution in [0.2, 0.25) is 0 Å². The van der Waals surface area contributed by atoms with Crippen LogP contribution in [0, 0.1) is 13.8 Å². The van der Waals surface area contributed by atoms with Crippen LogP contribution in [0.4, 0.5) is 11.6 Å². The molecule has 150 valence electrons. The predicted octanol–water partition coefficient (Wildman–Crippen LogP) is 4.55. The van der Waals surface area contributed by atoms with Gasteiger partial charge in [0.15, 0.2) is 0 Å². The molecule has 1 aromatic heterocycles. The summed E-state index contributed by atoms with van der Waals surface area (Å²) in [6, 6.07) is 17.3. The number of rotatable bonds is 7. The molecule has 0 aliphatic rings. The maximum Gasteiger partial charge on any atom is 0.270 e. The Balaban J connectivity index is 1.68. The summed E-state index contributed by atoms with van der Waals surface area (Å²) in [6.07, 6.45) is 0.120. The first-order valence-corrected chi connectivity index (χ1v) is 9.62. The fraction of sp³-hybridized carbons (Fsp3) is 0.261. The Kier molecular flexibility index (Phi) is 6.44. The molecule has 0 saturated heterocycles. The van der Waals surface area contributed by atoms with E-state index in [-0.39, 0.29) is 12.0 Å². The summed E-state index contributed by atoms with van der Waals surface area (Å²) in [5.41, 5.74) is 4.06. The topological polar surface area (TPSA) is 76.1 Å². The van der Waals surface area contributed by atoms with Crippen molar-refractivity contribution in [3.63, 3.8) is 0 Å². The minimum Gasteiger partial charge on any atom is -0.491 e. The Labute approximate surface area is 171 Å². The first-order valence-electron chi connectivity index (χ1n) is 9.62. The average Bonchev–Trinajstić information content (AvgIpc) is 2.67. The van der Waals surface area contributed by atoms with Crippen molar-refractivity contribution < 1.29 is 9.53 Å². The van der Waals surface area contributed by atoms with Crippen LogP contribution in [-0.2, 0) is 6.54 Å². The quantitative estimate of drug-likeness (QED) is 0.619. The summed E-state index contributed by atoms with van der Waals surface area (Å²) in [5.74, 6) is 0.941. The maximum atomic E-state index is 12.6. The van der Waals surface area contributed by atoms with E-state index in [1.165, 1.54) is 0 Å². The monoisotopic (exact) mass is 390 g/mol. The summed E-state index contributed by atoms with van der Waals surface area (Å²) in [5, 5.41) is 6.06. The zero-order valence-electron chi connectivity index (χ0n) is 17.2. The zero-order valence-corrected chi connectivity index (χ0v) is 17.2. The van der Waals surface area contributed by atoms with Crippen LogP contribution < -0.4 is 15.4 Å². The number of anilines is 2.